The van der Waals surface area contributed by atoms with Crippen LogP contribution in [0.3, 0.4) is 0 Å². The van der Waals surface area contributed by atoms with Crippen molar-refractivity contribution in [3.63, 3.8) is 0 Å². The summed E-state index contributed by atoms with van der Waals surface area (Å²) in [7, 11) is 0. The standard InChI is InChI=1S/C18H22F3NO4/c19-18(20,21)14-3-1-2-13(10-14)17(4-6-24-7-5-17)12-22-16(23)15-11-25-8-9-26-15/h1-3,10,15H,4-9,11-12H2,(H,22,23)/t15-/m0/s1. The summed E-state index contributed by atoms with van der Waals surface area (Å²) in [6, 6.07) is 5.34. The highest BCUT2D eigenvalue weighted by Gasteiger charge is 2.38. The first-order chi connectivity index (χ1) is 12.4. The molecule has 2 fully saturated rings. The zero-order chi connectivity index (χ0) is 18.6. The van der Waals surface area contributed by atoms with Gasteiger partial charge in [0.2, 0.25) is 0 Å². The number of ether oxygens (including phenoxy) is 3. The molecule has 1 atom stereocenters. The number of nitrogens with one attached hydrogen (secondary N) is 1. The molecule has 0 aromatic heterocycles. The van der Waals surface area contributed by atoms with Crippen LogP contribution in [0, 0.1) is 0 Å². The van der Waals surface area contributed by atoms with Crippen molar-refractivity contribution >= 4 is 5.91 Å². The topological polar surface area (TPSA) is 56.8 Å². The van der Waals surface area contributed by atoms with Crippen LogP contribution in [0.25, 0.3) is 0 Å². The van der Waals surface area contributed by atoms with Crippen LogP contribution in [-0.4, -0.2) is 51.6 Å². The van der Waals surface area contributed by atoms with Gasteiger partial charge in [0.05, 0.1) is 25.4 Å². The van der Waals surface area contributed by atoms with E-state index in [1.165, 1.54) is 12.1 Å². The third kappa shape index (κ3) is 4.36. The fourth-order valence-corrected chi connectivity index (χ4v) is 3.36. The van der Waals surface area contributed by atoms with Gasteiger partial charge in [-0.25, -0.2) is 0 Å². The number of alkyl halides is 3. The van der Waals surface area contributed by atoms with Gasteiger partial charge < -0.3 is 19.5 Å². The van der Waals surface area contributed by atoms with Crippen LogP contribution in [0.4, 0.5) is 13.2 Å². The van der Waals surface area contributed by atoms with E-state index in [-0.39, 0.29) is 19.1 Å². The van der Waals surface area contributed by atoms with E-state index in [4.69, 9.17) is 14.2 Å². The Kier molecular flexibility index (Phi) is 5.84. The molecular formula is C18H22F3NO4. The van der Waals surface area contributed by atoms with E-state index in [1.54, 1.807) is 6.07 Å². The molecule has 2 aliphatic heterocycles. The molecule has 26 heavy (non-hydrogen) atoms. The Morgan fingerprint density at radius 3 is 2.58 bits per heavy atom. The molecule has 5 nitrogen and oxygen atoms in total. The van der Waals surface area contributed by atoms with E-state index in [0.29, 0.717) is 44.8 Å². The van der Waals surface area contributed by atoms with Gasteiger partial charge in [0.15, 0.2) is 6.10 Å². The van der Waals surface area contributed by atoms with Crippen LogP contribution in [0.1, 0.15) is 24.0 Å². The van der Waals surface area contributed by atoms with Crippen LogP contribution in [0.5, 0.6) is 0 Å². The van der Waals surface area contributed by atoms with Gasteiger partial charge in [0.1, 0.15) is 0 Å². The van der Waals surface area contributed by atoms with Crippen LogP contribution in [0.15, 0.2) is 24.3 Å². The SMILES string of the molecule is O=C(NCC1(c2cccc(C(F)(F)F)c2)CCOCC1)[C@@H]1COCCO1. The lowest BCUT2D eigenvalue weighted by Gasteiger charge is -2.38. The summed E-state index contributed by atoms with van der Waals surface area (Å²) in [4.78, 5) is 12.3. The molecule has 0 aliphatic carbocycles. The van der Waals surface area contributed by atoms with Gasteiger partial charge in [-0.3, -0.25) is 4.79 Å². The Morgan fingerprint density at radius 2 is 1.92 bits per heavy atom. The largest absolute Gasteiger partial charge is 0.416 e. The first-order valence-corrected chi connectivity index (χ1v) is 8.63. The maximum Gasteiger partial charge on any atom is 0.416 e. The number of hydrogen-bond donors (Lipinski definition) is 1. The summed E-state index contributed by atoms with van der Waals surface area (Å²) in [6.45, 7) is 2.10. The first kappa shape index (κ1) is 19.1. The average molecular weight is 373 g/mol. The number of amides is 1. The predicted molar refractivity (Wildman–Crippen MR) is 86.7 cm³/mol. The fourth-order valence-electron chi connectivity index (χ4n) is 3.36. The van der Waals surface area contributed by atoms with Gasteiger partial charge in [0.25, 0.3) is 5.91 Å². The molecule has 1 amide bonds. The molecule has 3 rings (SSSR count). The van der Waals surface area contributed by atoms with Gasteiger partial charge in [-0.1, -0.05) is 18.2 Å². The molecule has 2 aliphatic rings. The van der Waals surface area contributed by atoms with Crippen molar-refractivity contribution in [3.05, 3.63) is 35.4 Å². The lowest BCUT2D eigenvalue weighted by molar-refractivity contribution is -0.148. The second-order valence-electron chi connectivity index (χ2n) is 6.62. The van der Waals surface area contributed by atoms with Crippen molar-refractivity contribution in [2.24, 2.45) is 0 Å². The van der Waals surface area contributed by atoms with Crippen LogP contribution < -0.4 is 5.32 Å². The lowest BCUT2D eigenvalue weighted by Crippen LogP contribution is -2.49. The molecule has 0 unspecified atom stereocenters. The summed E-state index contributed by atoms with van der Waals surface area (Å²) in [6.07, 6.45) is -4.01. The van der Waals surface area contributed by atoms with Crippen molar-refractivity contribution in [1.82, 2.24) is 5.32 Å². The van der Waals surface area contributed by atoms with E-state index in [9.17, 15) is 18.0 Å². The summed E-state index contributed by atoms with van der Waals surface area (Å²) in [5.41, 5.74) is -0.710. The third-order valence-corrected chi connectivity index (χ3v) is 4.96. The van der Waals surface area contributed by atoms with Gasteiger partial charge in [-0.05, 0) is 24.5 Å². The van der Waals surface area contributed by atoms with Crippen molar-refractivity contribution in [2.75, 3.05) is 39.6 Å². The number of hydrogen-bond acceptors (Lipinski definition) is 4. The molecule has 2 saturated heterocycles. The third-order valence-electron chi connectivity index (χ3n) is 4.96. The van der Waals surface area contributed by atoms with Crippen molar-refractivity contribution in [1.29, 1.82) is 0 Å². The Bertz CT molecular complexity index is 623. The second kappa shape index (κ2) is 7.94. The average Bonchev–Trinajstić information content (AvgIpc) is 2.67. The Balaban J connectivity index is 1.77. The Hall–Kier alpha value is -1.64. The Morgan fingerprint density at radius 1 is 1.15 bits per heavy atom. The van der Waals surface area contributed by atoms with E-state index in [0.717, 1.165) is 6.07 Å². The van der Waals surface area contributed by atoms with E-state index in [1.807, 2.05) is 0 Å². The molecule has 2 heterocycles. The quantitative estimate of drug-likeness (QED) is 0.880. The smallest absolute Gasteiger partial charge is 0.381 e. The number of carbonyl (C=O) groups is 1. The predicted octanol–water partition coefficient (Wildman–Crippen LogP) is 2.29. The number of carbonyl (C=O) groups excluding carboxylic acids is 1. The number of benzene rings is 1. The van der Waals surface area contributed by atoms with Gasteiger partial charge in [-0.2, -0.15) is 13.2 Å². The van der Waals surface area contributed by atoms with E-state index < -0.39 is 23.3 Å². The van der Waals surface area contributed by atoms with E-state index >= 15 is 0 Å². The minimum absolute atomic E-state index is 0.186. The van der Waals surface area contributed by atoms with Crippen LogP contribution in [-0.2, 0) is 30.6 Å². The van der Waals surface area contributed by atoms with Crippen LogP contribution >= 0.6 is 0 Å². The summed E-state index contributed by atoms with van der Waals surface area (Å²) >= 11 is 0. The molecule has 144 valence electrons. The normalized spacial score (nSPS) is 23.4. The summed E-state index contributed by atoms with van der Waals surface area (Å²) < 4.78 is 55.3. The lowest BCUT2D eigenvalue weighted by atomic mass is 9.73. The maximum absolute atomic E-state index is 13.1. The van der Waals surface area contributed by atoms with Crippen molar-refractivity contribution < 1.29 is 32.2 Å². The highest BCUT2D eigenvalue weighted by Crippen LogP contribution is 2.37. The van der Waals surface area contributed by atoms with Crippen molar-refractivity contribution in [3.8, 4) is 0 Å². The monoisotopic (exact) mass is 373 g/mol. The molecule has 0 spiro atoms. The maximum atomic E-state index is 13.1. The minimum Gasteiger partial charge on any atom is -0.381 e. The zero-order valence-electron chi connectivity index (χ0n) is 14.3. The summed E-state index contributed by atoms with van der Waals surface area (Å²) in [5.74, 6) is -0.303. The summed E-state index contributed by atoms with van der Waals surface area (Å²) in [5, 5.41) is 2.84. The fraction of sp³-hybridized carbons (Fsp3) is 0.611. The van der Waals surface area contributed by atoms with Crippen LogP contribution in [0.2, 0.25) is 0 Å². The Labute approximate surface area is 149 Å². The molecule has 0 saturated carbocycles. The number of halogens is 3. The molecule has 0 bridgehead atoms. The molecular weight excluding hydrogens is 351 g/mol. The first-order valence-electron chi connectivity index (χ1n) is 8.63. The molecule has 8 heteroatoms. The second-order valence-corrected chi connectivity index (χ2v) is 6.62. The van der Waals surface area contributed by atoms with Gasteiger partial charge in [0, 0.05) is 25.2 Å². The van der Waals surface area contributed by atoms with E-state index in [2.05, 4.69) is 5.32 Å². The molecule has 1 aromatic rings. The van der Waals surface area contributed by atoms with Gasteiger partial charge >= 0.3 is 6.18 Å². The number of rotatable bonds is 4. The van der Waals surface area contributed by atoms with Crippen molar-refractivity contribution in [2.45, 2.75) is 30.5 Å². The molecule has 0 radical (unpaired) electrons. The minimum atomic E-state index is -4.40. The highest BCUT2D eigenvalue weighted by atomic mass is 19.4. The molecule has 1 aromatic carbocycles. The zero-order valence-corrected chi connectivity index (χ0v) is 14.3. The highest BCUT2D eigenvalue weighted by molar-refractivity contribution is 5.81. The van der Waals surface area contributed by atoms with Gasteiger partial charge in [-0.15, -0.1) is 0 Å². The molecule has 1 N–H and O–H groups in total.